The molecule has 0 spiro atoms. The van der Waals surface area contributed by atoms with Crippen molar-refractivity contribution in [1.29, 1.82) is 0 Å². The average molecular weight is 395 g/mol. The smallest absolute Gasteiger partial charge is 0.341 e. The Morgan fingerprint density at radius 2 is 2.04 bits per heavy atom. The predicted octanol–water partition coefficient (Wildman–Crippen LogP) is 4.23. The number of hydrogen-bond donors (Lipinski definition) is 1. The number of nitrogens with one attached hydrogen (secondary N) is 1. The van der Waals surface area contributed by atoms with E-state index in [-0.39, 0.29) is 16.3 Å². The number of nitro benzene ring substituents is 1. The SMILES string of the molecule is COC(=O)c1c(NC(=O)c2ccc(Cl)c([N+](=O)[O-])c2)sc2c1CCCC2. The molecule has 1 N–H and O–H groups in total. The standard InChI is InChI=1S/C17H15ClN2O5S/c1-25-17(22)14-10-4-2-3-5-13(10)26-16(14)19-15(21)9-6-7-11(18)12(8-9)20(23)24/h6-8H,2-5H2,1H3,(H,19,21). The van der Waals surface area contributed by atoms with Crippen LogP contribution >= 0.6 is 22.9 Å². The first kappa shape index (κ1) is 18.3. The highest BCUT2D eigenvalue weighted by molar-refractivity contribution is 7.17. The van der Waals surface area contributed by atoms with E-state index in [2.05, 4.69) is 5.32 Å². The van der Waals surface area contributed by atoms with Gasteiger partial charge in [-0.3, -0.25) is 14.9 Å². The Morgan fingerprint density at radius 1 is 1.31 bits per heavy atom. The summed E-state index contributed by atoms with van der Waals surface area (Å²) in [6, 6.07) is 3.81. The van der Waals surface area contributed by atoms with Crippen LogP contribution in [0.15, 0.2) is 18.2 Å². The highest BCUT2D eigenvalue weighted by Crippen LogP contribution is 2.39. The van der Waals surface area contributed by atoms with Crippen molar-refractivity contribution in [1.82, 2.24) is 0 Å². The molecule has 1 heterocycles. The number of fused-ring (bicyclic) bond motifs is 1. The van der Waals surface area contributed by atoms with E-state index in [0.717, 1.165) is 42.2 Å². The van der Waals surface area contributed by atoms with Gasteiger partial charge in [-0.2, -0.15) is 0 Å². The highest BCUT2D eigenvalue weighted by Gasteiger charge is 2.27. The van der Waals surface area contributed by atoms with Crippen molar-refractivity contribution >= 4 is 45.5 Å². The number of aryl methyl sites for hydroxylation is 1. The van der Waals surface area contributed by atoms with E-state index in [1.165, 1.54) is 30.6 Å². The monoisotopic (exact) mass is 394 g/mol. The van der Waals surface area contributed by atoms with Crippen LogP contribution in [-0.2, 0) is 17.6 Å². The number of esters is 1. The summed E-state index contributed by atoms with van der Waals surface area (Å²) in [7, 11) is 1.30. The van der Waals surface area contributed by atoms with Gasteiger partial charge < -0.3 is 10.1 Å². The molecule has 0 bridgehead atoms. The first-order valence-corrected chi connectivity index (χ1v) is 9.10. The number of carbonyl (C=O) groups excluding carboxylic acids is 2. The zero-order valence-electron chi connectivity index (χ0n) is 13.8. The summed E-state index contributed by atoms with van der Waals surface area (Å²) in [5.41, 5.74) is 1.04. The van der Waals surface area contributed by atoms with Crippen LogP contribution in [0, 0.1) is 10.1 Å². The summed E-state index contributed by atoms with van der Waals surface area (Å²) in [4.78, 5) is 36.2. The zero-order valence-corrected chi connectivity index (χ0v) is 15.4. The van der Waals surface area contributed by atoms with E-state index in [1.54, 1.807) is 0 Å². The Kier molecular flexibility index (Phi) is 5.24. The van der Waals surface area contributed by atoms with Crippen molar-refractivity contribution in [3.05, 3.63) is 54.9 Å². The topological polar surface area (TPSA) is 98.5 Å². The van der Waals surface area contributed by atoms with Crippen molar-refractivity contribution in [3.8, 4) is 0 Å². The lowest BCUT2D eigenvalue weighted by molar-refractivity contribution is -0.384. The van der Waals surface area contributed by atoms with Crippen LogP contribution in [0.5, 0.6) is 0 Å². The second-order valence-electron chi connectivity index (χ2n) is 5.78. The lowest BCUT2D eigenvalue weighted by atomic mass is 9.95. The third kappa shape index (κ3) is 3.42. The molecule has 1 aliphatic rings. The first-order valence-electron chi connectivity index (χ1n) is 7.90. The Labute approximate surface area is 158 Å². The molecule has 1 aromatic carbocycles. The minimum atomic E-state index is -0.650. The molecule has 0 atom stereocenters. The number of nitro groups is 1. The molecule has 0 aliphatic heterocycles. The van der Waals surface area contributed by atoms with E-state index in [4.69, 9.17) is 16.3 Å². The van der Waals surface area contributed by atoms with Crippen LogP contribution in [0.3, 0.4) is 0 Å². The predicted molar refractivity (Wildman–Crippen MR) is 98.4 cm³/mol. The third-order valence-electron chi connectivity index (χ3n) is 4.19. The molecular formula is C17H15ClN2O5S. The lowest BCUT2D eigenvalue weighted by Gasteiger charge is -2.11. The van der Waals surface area contributed by atoms with Crippen molar-refractivity contribution in [3.63, 3.8) is 0 Å². The molecule has 3 rings (SSSR count). The summed E-state index contributed by atoms with van der Waals surface area (Å²) in [5, 5.41) is 14.1. The zero-order chi connectivity index (χ0) is 18.8. The van der Waals surface area contributed by atoms with Gasteiger partial charge in [0.15, 0.2) is 0 Å². The molecule has 0 saturated carbocycles. The van der Waals surface area contributed by atoms with Gasteiger partial charge in [-0.05, 0) is 43.4 Å². The van der Waals surface area contributed by atoms with Crippen LogP contribution < -0.4 is 5.32 Å². The molecule has 1 aliphatic carbocycles. The Morgan fingerprint density at radius 3 is 2.73 bits per heavy atom. The third-order valence-corrected chi connectivity index (χ3v) is 5.72. The van der Waals surface area contributed by atoms with E-state index in [0.29, 0.717) is 10.6 Å². The molecule has 0 saturated heterocycles. The number of ether oxygens (including phenoxy) is 1. The molecule has 0 fully saturated rings. The molecular weight excluding hydrogens is 380 g/mol. The van der Waals surface area contributed by atoms with E-state index < -0.39 is 16.8 Å². The highest BCUT2D eigenvalue weighted by atomic mass is 35.5. The average Bonchev–Trinajstić information content (AvgIpc) is 2.98. The van der Waals surface area contributed by atoms with Crippen molar-refractivity contribution in [2.24, 2.45) is 0 Å². The number of carbonyl (C=O) groups is 2. The van der Waals surface area contributed by atoms with Crippen molar-refractivity contribution in [2.45, 2.75) is 25.7 Å². The largest absolute Gasteiger partial charge is 0.465 e. The number of rotatable bonds is 4. The number of anilines is 1. The second kappa shape index (κ2) is 7.43. The van der Waals surface area contributed by atoms with Crippen LogP contribution in [0.25, 0.3) is 0 Å². The fourth-order valence-corrected chi connectivity index (χ4v) is 4.40. The van der Waals surface area contributed by atoms with Gasteiger partial charge in [-0.25, -0.2) is 4.79 Å². The summed E-state index contributed by atoms with van der Waals surface area (Å²) in [6.07, 6.45) is 3.63. The fraction of sp³-hybridized carbons (Fsp3) is 0.294. The van der Waals surface area contributed by atoms with Gasteiger partial charge in [0.1, 0.15) is 10.0 Å². The number of methoxy groups -OCH3 is 1. The molecule has 136 valence electrons. The second-order valence-corrected chi connectivity index (χ2v) is 7.30. The molecule has 2 aromatic rings. The minimum Gasteiger partial charge on any atom is -0.465 e. The normalized spacial score (nSPS) is 13.0. The molecule has 26 heavy (non-hydrogen) atoms. The Bertz CT molecular complexity index is 909. The van der Waals surface area contributed by atoms with Gasteiger partial charge in [-0.15, -0.1) is 11.3 Å². The fourth-order valence-electron chi connectivity index (χ4n) is 2.94. The number of benzene rings is 1. The van der Waals surface area contributed by atoms with Gasteiger partial charge in [0, 0.05) is 16.5 Å². The van der Waals surface area contributed by atoms with Gasteiger partial charge in [0.05, 0.1) is 17.6 Å². The Hall–Kier alpha value is -2.45. The number of hydrogen-bond acceptors (Lipinski definition) is 6. The minimum absolute atomic E-state index is 0.0478. The molecule has 1 amide bonds. The summed E-state index contributed by atoms with van der Waals surface area (Å²) in [5.74, 6) is -1.05. The van der Waals surface area contributed by atoms with Crippen LogP contribution in [0.4, 0.5) is 10.7 Å². The summed E-state index contributed by atoms with van der Waals surface area (Å²) < 4.78 is 4.86. The quantitative estimate of drug-likeness (QED) is 0.475. The van der Waals surface area contributed by atoms with Gasteiger partial charge >= 0.3 is 5.97 Å². The summed E-state index contributed by atoms with van der Waals surface area (Å²) >= 11 is 7.13. The molecule has 0 unspecified atom stereocenters. The van der Waals surface area contributed by atoms with E-state index in [1.807, 2.05) is 0 Å². The molecule has 0 radical (unpaired) electrons. The molecule has 9 heteroatoms. The number of halogens is 1. The summed E-state index contributed by atoms with van der Waals surface area (Å²) in [6.45, 7) is 0. The van der Waals surface area contributed by atoms with Crippen LogP contribution in [-0.4, -0.2) is 23.9 Å². The van der Waals surface area contributed by atoms with Gasteiger partial charge in [-0.1, -0.05) is 11.6 Å². The van der Waals surface area contributed by atoms with E-state index in [9.17, 15) is 19.7 Å². The lowest BCUT2D eigenvalue weighted by Crippen LogP contribution is -2.15. The van der Waals surface area contributed by atoms with Crippen LogP contribution in [0.1, 0.15) is 44.0 Å². The van der Waals surface area contributed by atoms with Crippen LogP contribution in [0.2, 0.25) is 5.02 Å². The maximum absolute atomic E-state index is 12.6. The molecule has 1 aromatic heterocycles. The number of thiophene rings is 1. The van der Waals surface area contributed by atoms with Gasteiger partial charge in [0.25, 0.3) is 11.6 Å². The Balaban J connectivity index is 1.95. The van der Waals surface area contributed by atoms with Gasteiger partial charge in [0.2, 0.25) is 0 Å². The maximum atomic E-state index is 12.6. The van der Waals surface area contributed by atoms with E-state index >= 15 is 0 Å². The van der Waals surface area contributed by atoms with Crippen molar-refractivity contribution in [2.75, 3.05) is 12.4 Å². The maximum Gasteiger partial charge on any atom is 0.341 e. The van der Waals surface area contributed by atoms with Crippen molar-refractivity contribution < 1.29 is 19.2 Å². The first-order chi connectivity index (χ1) is 12.4. The number of nitrogens with zero attached hydrogens (tertiary/aromatic N) is 1. The molecule has 7 nitrogen and oxygen atoms in total. The number of amides is 1.